The number of aromatic nitrogens is 2. The number of hydrogen-bond acceptors (Lipinski definition) is 2. The maximum atomic E-state index is 5.93. The van der Waals surface area contributed by atoms with Crippen LogP contribution in [0.4, 0.5) is 0 Å². The molecule has 0 saturated carbocycles. The molecule has 4 heteroatoms. The topological polar surface area (TPSA) is 37.9 Å². The molecule has 1 N–H and O–H groups in total. The Morgan fingerprint density at radius 3 is 2.64 bits per heavy atom. The molecule has 0 bridgehead atoms. The van der Waals surface area contributed by atoms with Gasteiger partial charge in [-0.3, -0.25) is 0 Å². The summed E-state index contributed by atoms with van der Waals surface area (Å²) >= 11 is 5.79. The number of ether oxygens (including phenoxy) is 1. The van der Waals surface area contributed by atoms with Gasteiger partial charge in [0.15, 0.2) is 0 Å². The normalized spacial score (nSPS) is 11.1. The fourth-order valence-electron chi connectivity index (χ4n) is 3.37. The molecule has 0 amide bonds. The number of alkyl halides is 1. The minimum absolute atomic E-state index is 0.598. The molecule has 28 heavy (non-hydrogen) atoms. The predicted octanol–water partition coefficient (Wildman–Crippen LogP) is 6.14. The molecule has 0 radical (unpaired) electrons. The van der Waals surface area contributed by atoms with Gasteiger partial charge in [0.25, 0.3) is 0 Å². The first-order valence-electron chi connectivity index (χ1n) is 9.55. The van der Waals surface area contributed by atoms with E-state index in [1.807, 2.05) is 12.1 Å². The van der Waals surface area contributed by atoms with Crippen LogP contribution in [0.2, 0.25) is 0 Å². The largest absolute Gasteiger partial charge is 0.493 e. The van der Waals surface area contributed by atoms with E-state index in [1.54, 1.807) is 0 Å². The number of imidazole rings is 1. The summed E-state index contributed by atoms with van der Waals surface area (Å²) in [6, 6.07) is 23.0. The maximum absolute atomic E-state index is 5.93. The van der Waals surface area contributed by atoms with Crippen LogP contribution >= 0.6 is 11.6 Å². The van der Waals surface area contributed by atoms with Gasteiger partial charge in [-0.15, -0.1) is 11.6 Å². The summed E-state index contributed by atoms with van der Waals surface area (Å²) in [4.78, 5) is 8.40. The summed E-state index contributed by atoms with van der Waals surface area (Å²) in [5.74, 6) is 2.33. The Morgan fingerprint density at radius 1 is 1.00 bits per heavy atom. The second-order valence-electron chi connectivity index (χ2n) is 6.99. The number of H-pyrrole nitrogens is 1. The van der Waals surface area contributed by atoms with Crippen molar-refractivity contribution in [2.45, 2.75) is 19.8 Å². The summed E-state index contributed by atoms with van der Waals surface area (Å²) in [6.45, 7) is 2.70. The zero-order valence-electron chi connectivity index (χ0n) is 15.9. The first-order valence-corrected chi connectivity index (χ1v) is 10.1. The molecular formula is C24H23ClN2O. The SMILES string of the molecule is Cc1cccc(-c2nc3c(Cc4ccccc4)cc(OCCCCl)cc3[nH]2)c1. The lowest BCUT2D eigenvalue weighted by atomic mass is 10.0. The molecule has 0 aliphatic rings. The van der Waals surface area contributed by atoms with Crippen molar-refractivity contribution in [1.82, 2.24) is 9.97 Å². The van der Waals surface area contributed by atoms with E-state index in [1.165, 1.54) is 11.1 Å². The van der Waals surface area contributed by atoms with Crippen molar-refractivity contribution in [1.29, 1.82) is 0 Å². The standard InChI is InChI=1S/C24H23ClN2O/c1-17-7-5-10-19(13-17)24-26-22-16-21(28-12-6-11-25)15-20(23(22)27-24)14-18-8-3-2-4-9-18/h2-5,7-10,13,15-16H,6,11-12,14H2,1H3,(H,26,27). The van der Waals surface area contributed by atoms with E-state index < -0.39 is 0 Å². The molecule has 0 aliphatic carbocycles. The third kappa shape index (κ3) is 4.20. The van der Waals surface area contributed by atoms with E-state index in [9.17, 15) is 0 Å². The molecule has 0 atom stereocenters. The lowest BCUT2D eigenvalue weighted by Gasteiger charge is -2.09. The Hall–Kier alpha value is -2.78. The highest BCUT2D eigenvalue weighted by atomic mass is 35.5. The molecule has 3 aromatic carbocycles. The van der Waals surface area contributed by atoms with Gasteiger partial charge < -0.3 is 9.72 Å². The third-order valence-corrected chi connectivity index (χ3v) is 4.98. The monoisotopic (exact) mass is 390 g/mol. The molecule has 4 aromatic rings. The number of fused-ring (bicyclic) bond motifs is 1. The van der Waals surface area contributed by atoms with Gasteiger partial charge in [-0.2, -0.15) is 0 Å². The molecule has 0 spiro atoms. The highest BCUT2D eigenvalue weighted by Crippen LogP contribution is 2.29. The Kier molecular flexibility index (Phi) is 5.63. The van der Waals surface area contributed by atoms with E-state index in [4.69, 9.17) is 21.3 Å². The summed E-state index contributed by atoms with van der Waals surface area (Å²) in [7, 11) is 0. The number of aryl methyl sites for hydroxylation is 1. The van der Waals surface area contributed by atoms with Gasteiger partial charge in [-0.25, -0.2) is 4.98 Å². The average molecular weight is 391 g/mol. The first-order chi connectivity index (χ1) is 13.7. The van der Waals surface area contributed by atoms with Crippen LogP contribution in [0.25, 0.3) is 22.4 Å². The number of hydrogen-bond donors (Lipinski definition) is 1. The lowest BCUT2D eigenvalue weighted by molar-refractivity contribution is 0.318. The van der Waals surface area contributed by atoms with E-state index in [-0.39, 0.29) is 0 Å². The smallest absolute Gasteiger partial charge is 0.138 e. The zero-order chi connectivity index (χ0) is 19.3. The van der Waals surface area contributed by atoms with E-state index in [0.717, 1.165) is 46.6 Å². The second-order valence-corrected chi connectivity index (χ2v) is 7.36. The maximum Gasteiger partial charge on any atom is 0.138 e. The van der Waals surface area contributed by atoms with Gasteiger partial charge >= 0.3 is 0 Å². The molecule has 1 heterocycles. The van der Waals surface area contributed by atoms with Crippen LogP contribution in [0, 0.1) is 6.92 Å². The van der Waals surface area contributed by atoms with Crippen molar-refractivity contribution in [2.24, 2.45) is 0 Å². The number of nitrogens with one attached hydrogen (secondary N) is 1. The minimum atomic E-state index is 0.598. The molecule has 3 nitrogen and oxygen atoms in total. The molecule has 142 valence electrons. The number of rotatable bonds is 7. The number of nitrogens with zero attached hydrogens (tertiary/aromatic N) is 1. The van der Waals surface area contributed by atoms with Gasteiger partial charge in [-0.1, -0.05) is 54.1 Å². The molecular weight excluding hydrogens is 368 g/mol. The molecule has 0 unspecified atom stereocenters. The summed E-state index contributed by atoms with van der Waals surface area (Å²) in [6.07, 6.45) is 1.63. The molecule has 0 aliphatic heterocycles. The second kappa shape index (κ2) is 8.49. The Labute approximate surface area is 170 Å². The summed E-state index contributed by atoms with van der Waals surface area (Å²) < 4.78 is 5.93. The van der Waals surface area contributed by atoms with Crippen molar-refractivity contribution in [3.8, 4) is 17.1 Å². The third-order valence-electron chi connectivity index (χ3n) is 4.71. The highest BCUT2D eigenvalue weighted by Gasteiger charge is 2.12. The zero-order valence-corrected chi connectivity index (χ0v) is 16.7. The first kappa shape index (κ1) is 18.6. The Morgan fingerprint density at radius 2 is 1.86 bits per heavy atom. The van der Waals surface area contributed by atoms with Gasteiger partial charge in [0.2, 0.25) is 0 Å². The Bertz CT molecular complexity index is 1070. The van der Waals surface area contributed by atoms with Crippen molar-refractivity contribution in [3.05, 3.63) is 83.4 Å². The van der Waals surface area contributed by atoms with Crippen molar-refractivity contribution < 1.29 is 4.74 Å². The Balaban J connectivity index is 1.76. The van der Waals surface area contributed by atoms with Crippen molar-refractivity contribution in [2.75, 3.05) is 12.5 Å². The number of benzene rings is 3. The van der Waals surface area contributed by atoms with Gasteiger partial charge in [0.05, 0.1) is 17.6 Å². The van der Waals surface area contributed by atoms with Crippen molar-refractivity contribution in [3.63, 3.8) is 0 Å². The molecule has 4 rings (SSSR count). The van der Waals surface area contributed by atoms with Gasteiger partial charge in [-0.05, 0) is 43.0 Å². The van der Waals surface area contributed by atoms with Crippen LogP contribution in [-0.2, 0) is 6.42 Å². The fourth-order valence-corrected chi connectivity index (χ4v) is 3.48. The lowest BCUT2D eigenvalue weighted by Crippen LogP contribution is -1.99. The van der Waals surface area contributed by atoms with Crippen LogP contribution in [0.15, 0.2) is 66.7 Å². The van der Waals surface area contributed by atoms with Crippen LogP contribution in [0.3, 0.4) is 0 Å². The van der Waals surface area contributed by atoms with E-state index >= 15 is 0 Å². The molecule has 1 aromatic heterocycles. The van der Waals surface area contributed by atoms with Crippen LogP contribution in [0.5, 0.6) is 5.75 Å². The quantitative estimate of drug-likeness (QED) is 0.304. The van der Waals surface area contributed by atoms with Gasteiger partial charge in [0.1, 0.15) is 11.6 Å². The predicted molar refractivity (Wildman–Crippen MR) is 116 cm³/mol. The van der Waals surface area contributed by atoms with Crippen LogP contribution in [0.1, 0.15) is 23.1 Å². The van der Waals surface area contributed by atoms with Crippen molar-refractivity contribution >= 4 is 22.6 Å². The van der Waals surface area contributed by atoms with Crippen LogP contribution < -0.4 is 4.74 Å². The fraction of sp³-hybridized carbons (Fsp3) is 0.208. The average Bonchev–Trinajstić information content (AvgIpc) is 3.14. The van der Waals surface area contributed by atoms with E-state index in [2.05, 4.69) is 66.5 Å². The number of halogens is 1. The summed E-state index contributed by atoms with van der Waals surface area (Å²) in [5, 5.41) is 0. The summed E-state index contributed by atoms with van der Waals surface area (Å²) in [5.41, 5.74) is 6.69. The minimum Gasteiger partial charge on any atom is -0.493 e. The van der Waals surface area contributed by atoms with Crippen LogP contribution in [-0.4, -0.2) is 22.5 Å². The van der Waals surface area contributed by atoms with Gasteiger partial charge in [0, 0.05) is 17.5 Å². The molecule has 0 fully saturated rings. The van der Waals surface area contributed by atoms with E-state index in [0.29, 0.717) is 12.5 Å². The highest BCUT2D eigenvalue weighted by molar-refractivity contribution is 6.17. The molecule has 0 saturated heterocycles. The number of aromatic amines is 1.